The predicted molar refractivity (Wildman–Crippen MR) is 103 cm³/mol. The summed E-state index contributed by atoms with van der Waals surface area (Å²) in [6, 6.07) is -0.150. The molecule has 1 amide bonds. The van der Waals surface area contributed by atoms with Crippen molar-refractivity contribution in [2.75, 3.05) is 52.4 Å². The van der Waals surface area contributed by atoms with Gasteiger partial charge in [-0.1, -0.05) is 0 Å². The number of amides is 1. The van der Waals surface area contributed by atoms with Gasteiger partial charge in [-0.3, -0.25) is 20.4 Å². The Balaban J connectivity index is 1.19. The van der Waals surface area contributed by atoms with Crippen LogP contribution in [0.4, 0.5) is 0 Å². The molecule has 9 nitrogen and oxygen atoms in total. The second-order valence-electron chi connectivity index (χ2n) is 8.96. The average Bonchev–Trinajstić information content (AvgIpc) is 3.23. The summed E-state index contributed by atoms with van der Waals surface area (Å²) in [5.41, 5.74) is 6.68. The lowest BCUT2D eigenvalue weighted by molar-refractivity contribution is -0.149. The van der Waals surface area contributed by atoms with Crippen molar-refractivity contribution in [1.82, 2.24) is 36.2 Å². The van der Waals surface area contributed by atoms with Crippen LogP contribution in [0.15, 0.2) is 0 Å². The Morgan fingerprint density at radius 3 is 2.71 bits per heavy atom. The van der Waals surface area contributed by atoms with E-state index in [0.717, 1.165) is 58.2 Å². The summed E-state index contributed by atoms with van der Waals surface area (Å²) in [6.07, 6.45) is 6.24. The SMILES string of the molecule is N#CN1CCN2CCN(C3CCC(C4CCNC5NNCC54)CN3)C(=O)[C@H]2C1. The maximum atomic E-state index is 13.1. The lowest BCUT2D eigenvalue weighted by Crippen LogP contribution is -2.68. The number of rotatable bonds is 2. The Morgan fingerprint density at radius 1 is 1.00 bits per heavy atom. The van der Waals surface area contributed by atoms with E-state index in [9.17, 15) is 10.1 Å². The van der Waals surface area contributed by atoms with Gasteiger partial charge in [0.1, 0.15) is 6.04 Å². The van der Waals surface area contributed by atoms with Gasteiger partial charge in [0.15, 0.2) is 6.19 Å². The quantitative estimate of drug-likeness (QED) is 0.415. The summed E-state index contributed by atoms with van der Waals surface area (Å²) in [6.45, 7) is 6.95. The number of nitrogens with one attached hydrogen (secondary N) is 4. The molecule has 5 aliphatic heterocycles. The van der Waals surface area contributed by atoms with E-state index in [1.165, 1.54) is 12.8 Å². The molecule has 0 saturated carbocycles. The van der Waals surface area contributed by atoms with E-state index in [1.54, 1.807) is 4.90 Å². The summed E-state index contributed by atoms with van der Waals surface area (Å²) >= 11 is 0. The first-order valence-corrected chi connectivity index (χ1v) is 10.9. The van der Waals surface area contributed by atoms with Crippen LogP contribution in [0.1, 0.15) is 19.3 Å². The van der Waals surface area contributed by atoms with Crippen molar-refractivity contribution in [2.45, 2.75) is 37.6 Å². The minimum Gasteiger partial charge on any atom is -0.324 e. The zero-order valence-corrected chi connectivity index (χ0v) is 16.4. The van der Waals surface area contributed by atoms with E-state index < -0.39 is 0 Å². The lowest BCUT2D eigenvalue weighted by Gasteiger charge is -2.49. The highest BCUT2D eigenvalue weighted by molar-refractivity contribution is 5.83. The van der Waals surface area contributed by atoms with Gasteiger partial charge in [-0.25, -0.2) is 5.43 Å². The fourth-order valence-electron chi connectivity index (χ4n) is 6.07. The Bertz CT molecular complexity index is 630. The summed E-state index contributed by atoms with van der Waals surface area (Å²) in [7, 11) is 0. The van der Waals surface area contributed by atoms with Gasteiger partial charge in [-0.15, -0.1) is 0 Å². The van der Waals surface area contributed by atoms with Gasteiger partial charge >= 0.3 is 0 Å². The summed E-state index contributed by atoms with van der Waals surface area (Å²) in [4.78, 5) is 19.2. The van der Waals surface area contributed by atoms with Crippen LogP contribution in [0, 0.1) is 29.2 Å². The third-order valence-corrected chi connectivity index (χ3v) is 7.65. The second kappa shape index (κ2) is 7.76. The number of nitrogens with zero attached hydrogens (tertiary/aromatic N) is 4. The van der Waals surface area contributed by atoms with Gasteiger partial charge in [0.25, 0.3) is 0 Å². The molecular weight excluding hydrogens is 356 g/mol. The molecule has 5 heterocycles. The molecule has 9 heteroatoms. The molecule has 0 aliphatic carbocycles. The van der Waals surface area contributed by atoms with Crippen LogP contribution >= 0.6 is 0 Å². The Labute approximate surface area is 166 Å². The minimum atomic E-state index is -0.150. The molecule has 5 rings (SSSR count). The molecular formula is C19H32N8O. The molecule has 28 heavy (non-hydrogen) atoms. The molecule has 0 radical (unpaired) electrons. The van der Waals surface area contributed by atoms with Crippen molar-refractivity contribution in [3.63, 3.8) is 0 Å². The minimum absolute atomic E-state index is 0.150. The third kappa shape index (κ3) is 3.27. The number of nitriles is 1. The smallest absolute Gasteiger partial charge is 0.243 e. The van der Waals surface area contributed by atoms with E-state index >= 15 is 0 Å². The largest absolute Gasteiger partial charge is 0.324 e. The van der Waals surface area contributed by atoms with Crippen LogP contribution in [-0.4, -0.2) is 91.3 Å². The molecule has 6 atom stereocenters. The van der Waals surface area contributed by atoms with E-state index in [1.807, 2.05) is 0 Å². The molecule has 0 spiro atoms. The maximum absolute atomic E-state index is 13.1. The van der Waals surface area contributed by atoms with Crippen molar-refractivity contribution >= 4 is 5.91 Å². The van der Waals surface area contributed by atoms with Crippen LogP contribution in [0.5, 0.6) is 0 Å². The number of carbonyl (C=O) groups excluding carboxylic acids is 1. The fraction of sp³-hybridized carbons (Fsp3) is 0.895. The van der Waals surface area contributed by atoms with Gasteiger partial charge in [0, 0.05) is 45.2 Å². The molecule has 154 valence electrons. The van der Waals surface area contributed by atoms with E-state index in [-0.39, 0.29) is 18.1 Å². The molecule has 0 aromatic carbocycles. The summed E-state index contributed by atoms with van der Waals surface area (Å²) < 4.78 is 0. The molecule has 4 N–H and O–H groups in total. The number of hydrogen-bond acceptors (Lipinski definition) is 8. The van der Waals surface area contributed by atoms with Gasteiger partial charge in [0.2, 0.25) is 5.91 Å². The van der Waals surface area contributed by atoms with Crippen LogP contribution in [0.25, 0.3) is 0 Å². The van der Waals surface area contributed by atoms with Crippen molar-refractivity contribution in [3.8, 4) is 6.19 Å². The summed E-state index contributed by atoms with van der Waals surface area (Å²) in [5, 5.41) is 16.5. The topological polar surface area (TPSA) is 98.7 Å². The van der Waals surface area contributed by atoms with E-state index in [4.69, 9.17) is 0 Å². The van der Waals surface area contributed by atoms with Crippen LogP contribution in [0.3, 0.4) is 0 Å². The van der Waals surface area contributed by atoms with Crippen LogP contribution < -0.4 is 21.5 Å². The first-order valence-electron chi connectivity index (χ1n) is 10.9. The lowest BCUT2D eigenvalue weighted by atomic mass is 9.73. The molecule has 0 bridgehead atoms. The molecule has 0 aromatic heterocycles. The van der Waals surface area contributed by atoms with Crippen molar-refractivity contribution in [3.05, 3.63) is 0 Å². The highest BCUT2D eigenvalue weighted by Crippen LogP contribution is 2.35. The first-order chi connectivity index (χ1) is 13.7. The van der Waals surface area contributed by atoms with Crippen molar-refractivity contribution < 1.29 is 4.79 Å². The van der Waals surface area contributed by atoms with Gasteiger partial charge in [-0.2, -0.15) is 5.26 Å². The normalized spacial score (nSPS) is 42.0. The van der Waals surface area contributed by atoms with E-state index in [0.29, 0.717) is 24.5 Å². The average molecular weight is 389 g/mol. The molecule has 5 saturated heterocycles. The first kappa shape index (κ1) is 18.6. The van der Waals surface area contributed by atoms with Crippen molar-refractivity contribution in [1.29, 1.82) is 5.26 Å². The molecule has 5 aliphatic rings. The van der Waals surface area contributed by atoms with E-state index in [2.05, 4.69) is 37.5 Å². The third-order valence-electron chi connectivity index (χ3n) is 7.65. The number of hydrazine groups is 1. The zero-order chi connectivity index (χ0) is 19.1. The summed E-state index contributed by atoms with van der Waals surface area (Å²) in [5.74, 6) is 2.28. The number of hydrogen-bond donors (Lipinski definition) is 4. The predicted octanol–water partition coefficient (Wildman–Crippen LogP) is -1.72. The van der Waals surface area contributed by atoms with Crippen molar-refractivity contribution in [2.24, 2.45) is 17.8 Å². The number of fused-ring (bicyclic) bond motifs is 2. The molecule has 5 unspecified atom stereocenters. The Morgan fingerprint density at radius 2 is 1.89 bits per heavy atom. The Kier molecular flexibility index (Phi) is 5.15. The number of piperidine rings is 2. The van der Waals surface area contributed by atoms with Crippen LogP contribution in [0.2, 0.25) is 0 Å². The zero-order valence-electron chi connectivity index (χ0n) is 16.4. The fourth-order valence-corrected chi connectivity index (χ4v) is 6.07. The van der Waals surface area contributed by atoms with Crippen LogP contribution in [-0.2, 0) is 4.79 Å². The standard InChI is InChI=1S/C19H32N8O/c20-12-25-5-6-26-7-8-27(19(28)16(26)11-25)17-2-1-13(9-22-17)14-3-4-21-18-15(14)10-23-24-18/h13-18,21-24H,1-11H2/t13?,14?,15?,16-,17?,18?/m1/s1. The molecule has 5 fully saturated rings. The second-order valence-corrected chi connectivity index (χ2v) is 8.96. The molecule has 0 aromatic rings. The number of piperazine rings is 2. The highest BCUT2D eigenvalue weighted by atomic mass is 16.2. The monoisotopic (exact) mass is 388 g/mol. The van der Waals surface area contributed by atoms with Gasteiger partial charge in [0.05, 0.1) is 18.9 Å². The Hall–Kier alpha value is -1.44. The maximum Gasteiger partial charge on any atom is 0.243 e. The number of carbonyl (C=O) groups is 1. The highest BCUT2D eigenvalue weighted by Gasteiger charge is 2.44. The van der Waals surface area contributed by atoms with Gasteiger partial charge in [-0.05, 0) is 37.6 Å². The van der Waals surface area contributed by atoms with Gasteiger partial charge < -0.3 is 15.1 Å².